The Balaban J connectivity index is 1.62. The molecule has 4 atom stereocenters. The summed E-state index contributed by atoms with van der Waals surface area (Å²) in [7, 11) is 0. The maximum absolute atomic E-state index is 12.9. The Morgan fingerprint density at radius 2 is 1.44 bits per heavy atom. The first kappa shape index (κ1) is 23.5. The minimum absolute atomic E-state index is 0.0242. The highest BCUT2D eigenvalue weighted by molar-refractivity contribution is 6.30. The highest BCUT2D eigenvalue weighted by atomic mass is 16.4. The Hall–Kier alpha value is -3.15. The molecule has 0 aromatic heterocycles. The number of benzene rings is 2. The highest BCUT2D eigenvalue weighted by Crippen LogP contribution is 2.31. The van der Waals surface area contributed by atoms with Crippen LogP contribution >= 0.6 is 0 Å². The summed E-state index contributed by atoms with van der Waals surface area (Å²) in [6, 6.07) is 11.4. The van der Waals surface area contributed by atoms with Crippen LogP contribution in [0.1, 0.15) is 31.8 Å². The standard InChI is InChI=1S/C22H24N2O8/c25-10-15(26)19(29)20(30)21(31)22(32)24-9-8-23-14-7-3-6-13-16(14)18(28)12-5-2-1-4-11(12)17(13)27/h1-7,15,19-21,23,25-26,29-31H,8-10H2,(H,24,32)/t15-,19-,20-,21-/m1/s1. The predicted octanol–water partition coefficient (Wildman–Crippen LogP) is -1.57. The number of carbonyl (C=O) groups excluding carboxylic acids is 3. The molecule has 0 saturated carbocycles. The molecule has 2 aromatic carbocycles. The van der Waals surface area contributed by atoms with Crippen LogP contribution in [0.5, 0.6) is 0 Å². The molecule has 3 rings (SSSR count). The van der Waals surface area contributed by atoms with Crippen LogP contribution < -0.4 is 10.6 Å². The molecule has 10 nitrogen and oxygen atoms in total. The molecule has 1 amide bonds. The molecule has 0 radical (unpaired) electrons. The minimum Gasteiger partial charge on any atom is -0.394 e. The Morgan fingerprint density at radius 3 is 2.09 bits per heavy atom. The second-order valence-electron chi connectivity index (χ2n) is 7.33. The fourth-order valence-corrected chi connectivity index (χ4v) is 3.46. The van der Waals surface area contributed by atoms with Gasteiger partial charge in [0.1, 0.15) is 18.3 Å². The van der Waals surface area contributed by atoms with Crippen LogP contribution in [0.4, 0.5) is 5.69 Å². The summed E-state index contributed by atoms with van der Waals surface area (Å²) in [5.41, 5.74) is 1.58. The van der Waals surface area contributed by atoms with Gasteiger partial charge in [-0.3, -0.25) is 14.4 Å². The first-order chi connectivity index (χ1) is 15.3. The van der Waals surface area contributed by atoms with Gasteiger partial charge in [0.05, 0.1) is 12.2 Å². The lowest BCUT2D eigenvalue weighted by molar-refractivity contribution is -0.148. The quantitative estimate of drug-likeness (QED) is 0.192. The molecule has 170 valence electrons. The smallest absolute Gasteiger partial charge is 0.251 e. The number of amides is 1. The molecule has 0 fully saturated rings. The zero-order valence-electron chi connectivity index (χ0n) is 16.9. The summed E-state index contributed by atoms with van der Waals surface area (Å²) < 4.78 is 0. The predicted molar refractivity (Wildman–Crippen MR) is 112 cm³/mol. The van der Waals surface area contributed by atoms with Gasteiger partial charge in [0.15, 0.2) is 17.7 Å². The minimum atomic E-state index is -2.04. The van der Waals surface area contributed by atoms with E-state index in [9.17, 15) is 34.8 Å². The van der Waals surface area contributed by atoms with E-state index >= 15 is 0 Å². The second kappa shape index (κ2) is 9.98. The van der Waals surface area contributed by atoms with Crippen LogP contribution in [0.25, 0.3) is 0 Å². The second-order valence-corrected chi connectivity index (χ2v) is 7.33. The van der Waals surface area contributed by atoms with E-state index < -0.39 is 36.9 Å². The van der Waals surface area contributed by atoms with Gasteiger partial charge in [0, 0.05) is 35.5 Å². The fraction of sp³-hybridized carbons (Fsp3) is 0.318. The third-order valence-corrected chi connectivity index (χ3v) is 5.22. The van der Waals surface area contributed by atoms with Crippen molar-refractivity contribution in [2.75, 3.05) is 25.0 Å². The number of ketones is 2. The summed E-state index contributed by atoms with van der Waals surface area (Å²) in [6.07, 6.45) is -7.67. The van der Waals surface area contributed by atoms with Gasteiger partial charge in [-0.05, 0) is 6.07 Å². The third kappa shape index (κ3) is 4.54. The number of rotatable bonds is 9. The summed E-state index contributed by atoms with van der Waals surface area (Å²) in [6.45, 7) is -0.761. The van der Waals surface area contributed by atoms with Crippen molar-refractivity contribution in [1.82, 2.24) is 5.32 Å². The van der Waals surface area contributed by atoms with E-state index in [1.54, 1.807) is 42.5 Å². The molecule has 0 unspecified atom stereocenters. The van der Waals surface area contributed by atoms with Gasteiger partial charge in [-0.15, -0.1) is 0 Å². The number of hydrogen-bond acceptors (Lipinski definition) is 9. The van der Waals surface area contributed by atoms with Gasteiger partial charge in [-0.2, -0.15) is 0 Å². The van der Waals surface area contributed by atoms with E-state index in [4.69, 9.17) is 5.11 Å². The number of carbonyl (C=O) groups is 3. The Labute approximate surface area is 183 Å². The largest absolute Gasteiger partial charge is 0.394 e. The summed E-state index contributed by atoms with van der Waals surface area (Å²) in [4.78, 5) is 37.7. The van der Waals surface area contributed by atoms with Crippen molar-refractivity contribution in [1.29, 1.82) is 0 Å². The molecule has 1 aliphatic rings. The lowest BCUT2D eigenvalue weighted by atomic mass is 9.83. The number of aliphatic hydroxyl groups is 5. The van der Waals surface area contributed by atoms with Crippen molar-refractivity contribution >= 4 is 23.2 Å². The van der Waals surface area contributed by atoms with E-state index in [-0.39, 0.29) is 35.8 Å². The van der Waals surface area contributed by atoms with E-state index in [0.717, 1.165) is 0 Å². The van der Waals surface area contributed by atoms with Gasteiger partial charge < -0.3 is 36.2 Å². The van der Waals surface area contributed by atoms with E-state index in [2.05, 4.69) is 10.6 Å². The number of nitrogens with one attached hydrogen (secondary N) is 2. The molecule has 0 saturated heterocycles. The Bertz CT molecular complexity index is 1020. The lowest BCUT2D eigenvalue weighted by Crippen LogP contribution is -2.52. The molecular weight excluding hydrogens is 420 g/mol. The first-order valence-corrected chi connectivity index (χ1v) is 9.94. The lowest BCUT2D eigenvalue weighted by Gasteiger charge is -2.25. The molecule has 7 N–H and O–H groups in total. The van der Waals surface area contributed by atoms with Gasteiger partial charge in [-0.25, -0.2) is 0 Å². The Morgan fingerprint density at radius 1 is 0.812 bits per heavy atom. The van der Waals surface area contributed by atoms with Crippen molar-refractivity contribution < 1.29 is 39.9 Å². The molecule has 0 aliphatic heterocycles. The van der Waals surface area contributed by atoms with Crippen LogP contribution in [0.3, 0.4) is 0 Å². The molecular formula is C22H24N2O8. The van der Waals surface area contributed by atoms with Gasteiger partial charge >= 0.3 is 0 Å². The van der Waals surface area contributed by atoms with Crippen LogP contribution in [0.15, 0.2) is 42.5 Å². The van der Waals surface area contributed by atoms with Gasteiger partial charge in [0.2, 0.25) is 0 Å². The summed E-state index contributed by atoms with van der Waals surface area (Å²) in [5, 5.41) is 52.5. The van der Waals surface area contributed by atoms with Gasteiger partial charge in [-0.1, -0.05) is 36.4 Å². The van der Waals surface area contributed by atoms with Crippen molar-refractivity contribution in [3.8, 4) is 0 Å². The molecule has 0 bridgehead atoms. The molecule has 1 aliphatic carbocycles. The van der Waals surface area contributed by atoms with Crippen LogP contribution in [0.2, 0.25) is 0 Å². The van der Waals surface area contributed by atoms with E-state index in [1.165, 1.54) is 0 Å². The average molecular weight is 444 g/mol. The van der Waals surface area contributed by atoms with Crippen LogP contribution in [-0.4, -0.2) is 87.1 Å². The van der Waals surface area contributed by atoms with Crippen LogP contribution in [-0.2, 0) is 4.79 Å². The maximum Gasteiger partial charge on any atom is 0.251 e. The number of anilines is 1. The third-order valence-electron chi connectivity index (χ3n) is 5.22. The molecule has 0 spiro atoms. The molecule has 10 heteroatoms. The summed E-state index contributed by atoms with van der Waals surface area (Å²) in [5.74, 6) is -1.55. The normalized spacial score (nSPS) is 16.4. The summed E-state index contributed by atoms with van der Waals surface area (Å²) >= 11 is 0. The first-order valence-electron chi connectivity index (χ1n) is 9.94. The number of hydrogen-bond donors (Lipinski definition) is 7. The highest BCUT2D eigenvalue weighted by Gasteiger charge is 2.34. The van der Waals surface area contributed by atoms with Crippen molar-refractivity contribution in [3.63, 3.8) is 0 Å². The molecule has 2 aromatic rings. The van der Waals surface area contributed by atoms with Crippen molar-refractivity contribution in [2.45, 2.75) is 24.4 Å². The average Bonchev–Trinajstić information content (AvgIpc) is 2.82. The zero-order valence-corrected chi connectivity index (χ0v) is 16.9. The van der Waals surface area contributed by atoms with Gasteiger partial charge in [0.25, 0.3) is 5.91 Å². The zero-order chi connectivity index (χ0) is 23.4. The fourth-order valence-electron chi connectivity index (χ4n) is 3.46. The Kier molecular flexibility index (Phi) is 7.33. The maximum atomic E-state index is 12.9. The monoisotopic (exact) mass is 444 g/mol. The van der Waals surface area contributed by atoms with Crippen molar-refractivity contribution in [3.05, 3.63) is 64.7 Å². The topological polar surface area (TPSA) is 176 Å². The SMILES string of the molecule is O=C1c2ccccc2C(=O)c2c(NCCNC(=O)[C@H](O)[C@H](O)[C@H](O)[C@H](O)CO)cccc21. The molecule has 0 heterocycles. The number of fused-ring (bicyclic) bond motifs is 2. The molecule has 32 heavy (non-hydrogen) atoms. The van der Waals surface area contributed by atoms with E-state index in [0.29, 0.717) is 16.8 Å². The van der Waals surface area contributed by atoms with Crippen LogP contribution in [0, 0.1) is 0 Å². The number of aliphatic hydroxyl groups excluding tert-OH is 5. The van der Waals surface area contributed by atoms with Crippen molar-refractivity contribution in [2.24, 2.45) is 0 Å². The van der Waals surface area contributed by atoms with E-state index in [1.807, 2.05) is 0 Å².